The number of hydrogen-bond donors (Lipinski definition) is 1. The fourth-order valence-corrected chi connectivity index (χ4v) is 5.44. The van der Waals surface area contributed by atoms with Crippen LogP contribution in [0.3, 0.4) is 0 Å². The van der Waals surface area contributed by atoms with Crippen molar-refractivity contribution in [1.82, 2.24) is 4.31 Å². The first kappa shape index (κ1) is 14.7. The number of sulfonamides is 1. The first-order valence-corrected chi connectivity index (χ1v) is 8.21. The lowest BCUT2D eigenvalue weighted by Crippen LogP contribution is -2.58. The number of nitrogens with zero attached hydrogens (tertiary/aromatic N) is 1. The summed E-state index contributed by atoms with van der Waals surface area (Å²) in [5, 5.41) is 1.73. The molecule has 1 fully saturated rings. The molecule has 1 aliphatic rings. The molecular weight excluding hydrogens is 312 g/mol. The summed E-state index contributed by atoms with van der Waals surface area (Å²) >= 11 is 6.87. The molecule has 0 aliphatic carbocycles. The van der Waals surface area contributed by atoms with E-state index in [-0.39, 0.29) is 22.4 Å². The van der Waals surface area contributed by atoms with Gasteiger partial charge in [-0.1, -0.05) is 11.6 Å². The summed E-state index contributed by atoms with van der Waals surface area (Å²) in [4.78, 5) is 11.5. The van der Waals surface area contributed by atoms with E-state index in [2.05, 4.69) is 0 Å². The number of thiophene rings is 1. The Morgan fingerprint density at radius 3 is 2.84 bits per heavy atom. The quantitative estimate of drug-likeness (QED) is 0.884. The van der Waals surface area contributed by atoms with Crippen LogP contribution >= 0.6 is 22.9 Å². The number of ether oxygens (including phenoxy) is 1. The van der Waals surface area contributed by atoms with Gasteiger partial charge in [0.15, 0.2) is 4.21 Å². The molecule has 1 aromatic rings. The first-order valence-electron chi connectivity index (χ1n) is 5.51. The Morgan fingerprint density at radius 1 is 1.63 bits per heavy atom. The zero-order valence-corrected chi connectivity index (χ0v) is 12.5. The summed E-state index contributed by atoms with van der Waals surface area (Å²) in [5.74, 6) is -0.733. The molecule has 1 amide bonds. The molecule has 2 atom stereocenters. The molecule has 1 saturated heterocycles. The van der Waals surface area contributed by atoms with E-state index in [0.29, 0.717) is 0 Å². The third-order valence-electron chi connectivity index (χ3n) is 2.87. The lowest BCUT2D eigenvalue weighted by molar-refractivity contribution is -0.130. The number of hydrogen-bond acceptors (Lipinski definition) is 5. The van der Waals surface area contributed by atoms with Crippen molar-refractivity contribution in [3.63, 3.8) is 0 Å². The highest BCUT2D eigenvalue weighted by Crippen LogP contribution is 2.32. The molecule has 0 bridgehead atoms. The van der Waals surface area contributed by atoms with Crippen molar-refractivity contribution in [1.29, 1.82) is 0 Å². The van der Waals surface area contributed by atoms with Crippen molar-refractivity contribution in [2.45, 2.75) is 23.3 Å². The number of primary amides is 1. The number of amides is 1. The fourth-order valence-electron chi connectivity index (χ4n) is 2.01. The molecule has 106 valence electrons. The van der Waals surface area contributed by atoms with Crippen LogP contribution in [0.1, 0.15) is 6.92 Å². The molecule has 0 unspecified atom stereocenters. The van der Waals surface area contributed by atoms with Crippen molar-refractivity contribution in [3.8, 4) is 0 Å². The second-order valence-electron chi connectivity index (χ2n) is 4.09. The standard InChI is InChI=1S/C10H13ClN2O4S2/c1-6-8(9(12)14)13(3-4-17-6)19(15,16)10-7(11)2-5-18-10/h2,5-6,8H,3-4H2,1H3,(H2,12,14)/t6-,8+/m1/s1. The van der Waals surface area contributed by atoms with Gasteiger partial charge in [-0.3, -0.25) is 4.79 Å². The smallest absolute Gasteiger partial charge is 0.254 e. The molecule has 1 aromatic heterocycles. The minimum absolute atomic E-state index is 0.0227. The normalized spacial score (nSPS) is 25.4. The van der Waals surface area contributed by atoms with Crippen molar-refractivity contribution < 1.29 is 17.9 Å². The molecule has 0 radical (unpaired) electrons. The van der Waals surface area contributed by atoms with Crippen LogP contribution < -0.4 is 5.73 Å². The first-order chi connectivity index (χ1) is 8.85. The Hall–Kier alpha value is -0.670. The van der Waals surface area contributed by atoms with E-state index in [9.17, 15) is 13.2 Å². The minimum Gasteiger partial charge on any atom is -0.375 e. The molecule has 6 nitrogen and oxygen atoms in total. The number of rotatable bonds is 3. The molecule has 1 aliphatic heterocycles. The summed E-state index contributed by atoms with van der Waals surface area (Å²) in [6.07, 6.45) is -0.584. The van der Waals surface area contributed by atoms with Gasteiger partial charge < -0.3 is 10.5 Å². The summed E-state index contributed by atoms with van der Waals surface area (Å²) < 4.78 is 31.4. The summed E-state index contributed by atoms with van der Waals surface area (Å²) in [7, 11) is -3.84. The molecule has 2 heterocycles. The maximum Gasteiger partial charge on any atom is 0.254 e. The number of carbonyl (C=O) groups is 1. The van der Waals surface area contributed by atoms with Crippen molar-refractivity contribution in [2.75, 3.05) is 13.2 Å². The van der Waals surface area contributed by atoms with Crippen LogP contribution in [-0.2, 0) is 19.6 Å². The predicted octanol–water partition coefficient (Wildman–Crippen LogP) is 0.665. The highest BCUT2D eigenvalue weighted by Gasteiger charge is 2.42. The Kier molecular flexibility index (Phi) is 4.17. The van der Waals surface area contributed by atoms with Crippen LogP contribution in [0, 0.1) is 0 Å². The zero-order valence-electron chi connectivity index (χ0n) is 10.1. The molecule has 0 spiro atoms. The van der Waals surface area contributed by atoms with Crippen LogP contribution in [0.25, 0.3) is 0 Å². The van der Waals surface area contributed by atoms with Gasteiger partial charge in [-0.2, -0.15) is 4.31 Å². The Bertz CT molecular complexity index is 586. The van der Waals surface area contributed by atoms with Gasteiger partial charge in [0.1, 0.15) is 6.04 Å². The molecule has 0 aromatic carbocycles. The van der Waals surface area contributed by atoms with E-state index in [1.165, 1.54) is 6.07 Å². The van der Waals surface area contributed by atoms with Gasteiger partial charge in [-0.05, 0) is 18.4 Å². The topological polar surface area (TPSA) is 89.7 Å². The number of morpholine rings is 1. The number of halogens is 1. The van der Waals surface area contributed by atoms with Crippen LogP contribution in [0.4, 0.5) is 0 Å². The second-order valence-corrected chi connectivity index (χ2v) is 7.50. The van der Waals surface area contributed by atoms with Gasteiger partial charge in [0, 0.05) is 6.54 Å². The van der Waals surface area contributed by atoms with E-state index >= 15 is 0 Å². The lowest BCUT2D eigenvalue weighted by Gasteiger charge is -2.36. The van der Waals surface area contributed by atoms with Crippen molar-refractivity contribution >= 4 is 38.9 Å². The number of carbonyl (C=O) groups excluding carboxylic acids is 1. The van der Waals surface area contributed by atoms with Gasteiger partial charge in [0.05, 0.1) is 17.7 Å². The molecule has 0 saturated carbocycles. The highest BCUT2D eigenvalue weighted by atomic mass is 35.5. The lowest BCUT2D eigenvalue weighted by atomic mass is 10.1. The van der Waals surface area contributed by atoms with Gasteiger partial charge in [0.2, 0.25) is 5.91 Å². The molecule has 19 heavy (non-hydrogen) atoms. The Labute approximate surface area is 120 Å². The average Bonchev–Trinajstić information content (AvgIpc) is 2.75. The minimum atomic E-state index is -3.84. The van der Waals surface area contributed by atoms with E-state index < -0.39 is 28.1 Å². The summed E-state index contributed by atoms with van der Waals surface area (Å²) in [6, 6.07) is 0.485. The maximum absolute atomic E-state index is 12.5. The highest BCUT2D eigenvalue weighted by molar-refractivity contribution is 7.91. The van der Waals surface area contributed by atoms with Crippen LogP contribution in [0.15, 0.2) is 15.7 Å². The monoisotopic (exact) mass is 324 g/mol. The third kappa shape index (κ3) is 2.63. The summed E-state index contributed by atoms with van der Waals surface area (Å²) in [6.45, 7) is 1.91. The van der Waals surface area contributed by atoms with Gasteiger partial charge in [-0.25, -0.2) is 8.42 Å². The molecular formula is C10H13ClN2O4S2. The van der Waals surface area contributed by atoms with Gasteiger partial charge >= 0.3 is 0 Å². The number of nitrogens with two attached hydrogens (primary N) is 1. The van der Waals surface area contributed by atoms with Crippen LogP contribution in [0.5, 0.6) is 0 Å². The van der Waals surface area contributed by atoms with Crippen LogP contribution in [-0.4, -0.2) is 43.9 Å². The van der Waals surface area contributed by atoms with E-state index in [0.717, 1.165) is 15.6 Å². The van der Waals surface area contributed by atoms with E-state index in [1.54, 1.807) is 12.3 Å². The van der Waals surface area contributed by atoms with Gasteiger partial charge in [0.25, 0.3) is 10.0 Å². The maximum atomic E-state index is 12.5. The van der Waals surface area contributed by atoms with Crippen molar-refractivity contribution in [3.05, 3.63) is 16.5 Å². The zero-order chi connectivity index (χ0) is 14.2. The second kappa shape index (κ2) is 5.37. The van der Waals surface area contributed by atoms with Crippen molar-refractivity contribution in [2.24, 2.45) is 5.73 Å². The van der Waals surface area contributed by atoms with Crippen LogP contribution in [0.2, 0.25) is 5.02 Å². The summed E-state index contributed by atoms with van der Waals surface area (Å²) in [5.41, 5.74) is 5.28. The SMILES string of the molecule is C[C@H]1OCCN(S(=O)(=O)c2sccc2Cl)[C@@H]1C(N)=O. The average molecular weight is 325 g/mol. The fraction of sp³-hybridized carbons (Fsp3) is 0.500. The molecule has 2 rings (SSSR count). The molecule has 2 N–H and O–H groups in total. The third-order valence-corrected chi connectivity index (χ3v) is 6.75. The van der Waals surface area contributed by atoms with E-state index in [4.69, 9.17) is 22.1 Å². The Morgan fingerprint density at radius 2 is 2.32 bits per heavy atom. The predicted molar refractivity (Wildman–Crippen MR) is 71.6 cm³/mol. The van der Waals surface area contributed by atoms with Gasteiger partial charge in [-0.15, -0.1) is 11.3 Å². The Balaban J connectivity index is 2.44. The largest absolute Gasteiger partial charge is 0.375 e. The molecule has 9 heteroatoms. The van der Waals surface area contributed by atoms with E-state index in [1.807, 2.05) is 0 Å².